The van der Waals surface area contributed by atoms with Crippen molar-refractivity contribution in [2.24, 2.45) is 0 Å². The zero-order chi connectivity index (χ0) is 26.2. The van der Waals surface area contributed by atoms with Gasteiger partial charge in [-0.3, -0.25) is 29.4 Å². The van der Waals surface area contributed by atoms with Crippen molar-refractivity contribution >= 4 is 23.6 Å². The highest BCUT2D eigenvalue weighted by atomic mass is 16.2. The third-order valence-corrected chi connectivity index (χ3v) is 8.66. The summed E-state index contributed by atoms with van der Waals surface area (Å²) in [5.41, 5.74) is 3.92. The number of piperidine rings is 2. The van der Waals surface area contributed by atoms with E-state index in [1.54, 1.807) is 4.90 Å². The molecule has 3 atom stereocenters. The van der Waals surface area contributed by atoms with Crippen LogP contribution in [0.15, 0.2) is 48.5 Å². The van der Waals surface area contributed by atoms with Gasteiger partial charge in [-0.15, -0.1) is 0 Å². The summed E-state index contributed by atoms with van der Waals surface area (Å²) in [4.78, 5) is 56.7. The van der Waals surface area contributed by atoms with E-state index >= 15 is 0 Å². The number of benzene rings is 2. The summed E-state index contributed by atoms with van der Waals surface area (Å²) in [6, 6.07) is 15.6. The normalized spacial score (nSPS) is 26.0. The Labute approximate surface area is 223 Å². The summed E-state index contributed by atoms with van der Waals surface area (Å²) >= 11 is 0. The first kappa shape index (κ1) is 24.8. The number of carbonyl (C=O) groups excluding carboxylic acids is 4. The molecule has 2 aromatic carbocycles. The van der Waals surface area contributed by atoms with Gasteiger partial charge in [0.15, 0.2) is 0 Å². The predicted octanol–water partition coefficient (Wildman–Crippen LogP) is 2.82. The first-order valence-electron chi connectivity index (χ1n) is 13.8. The molecule has 3 fully saturated rings. The molecule has 1 unspecified atom stereocenters. The number of fused-ring (bicyclic) bond motifs is 1. The molecule has 4 heterocycles. The third-order valence-electron chi connectivity index (χ3n) is 8.66. The summed E-state index contributed by atoms with van der Waals surface area (Å²) < 4.78 is 0. The molecule has 1 N–H and O–H groups in total. The minimum Gasteiger partial charge on any atom is -0.341 e. The van der Waals surface area contributed by atoms with E-state index in [1.165, 1.54) is 5.56 Å². The maximum atomic E-state index is 13.7. The summed E-state index contributed by atoms with van der Waals surface area (Å²) in [5, 5.41) is 2.36. The molecular weight excluding hydrogens is 480 g/mol. The molecule has 0 spiro atoms. The van der Waals surface area contributed by atoms with Gasteiger partial charge in [-0.05, 0) is 67.3 Å². The Balaban J connectivity index is 1.20. The fraction of sp³-hybridized carbons (Fsp3) is 0.467. The van der Waals surface area contributed by atoms with Gasteiger partial charge >= 0.3 is 0 Å². The Kier molecular flexibility index (Phi) is 6.74. The second-order valence-corrected chi connectivity index (χ2v) is 11.0. The Morgan fingerprint density at radius 2 is 1.74 bits per heavy atom. The fourth-order valence-corrected chi connectivity index (χ4v) is 6.58. The minimum absolute atomic E-state index is 0.152. The molecule has 6 rings (SSSR count). The van der Waals surface area contributed by atoms with Gasteiger partial charge in [0.2, 0.25) is 17.7 Å². The average molecular weight is 515 g/mol. The largest absolute Gasteiger partial charge is 0.341 e. The topological polar surface area (TPSA) is 90.0 Å². The molecular formula is C30H34N4O4. The van der Waals surface area contributed by atoms with E-state index in [-0.39, 0.29) is 36.1 Å². The minimum atomic E-state index is -0.611. The number of hydrogen-bond acceptors (Lipinski definition) is 5. The average Bonchev–Trinajstić information content (AvgIpc) is 3.58. The number of nitrogens with zero attached hydrogens (tertiary/aromatic N) is 3. The smallest absolute Gasteiger partial charge is 0.255 e. The molecule has 0 aliphatic carbocycles. The van der Waals surface area contributed by atoms with E-state index in [4.69, 9.17) is 0 Å². The molecule has 4 amide bonds. The van der Waals surface area contributed by atoms with Crippen LogP contribution in [-0.2, 0) is 27.5 Å². The van der Waals surface area contributed by atoms with Gasteiger partial charge in [0.05, 0.1) is 6.04 Å². The number of likely N-dealkylation sites (tertiary alicyclic amines) is 2. The molecule has 0 aromatic heterocycles. The van der Waals surface area contributed by atoms with Gasteiger partial charge < -0.3 is 9.80 Å². The monoisotopic (exact) mass is 514 g/mol. The maximum absolute atomic E-state index is 13.7. The number of rotatable bonds is 5. The zero-order valence-corrected chi connectivity index (χ0v) is 21.6. The first-order valence-corrected chi connectivity index (χ1v) is 13.8. The van der Waals surface area contributed by atoms with E-state index < -0.39 is 11.9 Å². The van der Waals surface area contributed by atoms with E-state index in [0.29, 0.717) is 18.5 Å². The molecule has 8 heteroatoms. The van der Waals surface area contributed by atoms with E-state index in [2.05, 4.69) is 28.4 Å². The van der Waals surface area contributed by atoms with Crippen LogP contribution in [0.2, 0.25) is 0 Å². The molecule has 4 aliphatic rings. The molecule has 8 nitrogen and oxygen atoms in total. The van der Waals surface area contributed by atoms with Crippen molar-refractivity contribution in [1.82, 2.24) is 20.0 Å². The Morgan fingerprint density at radius 1 is 0.947 bits per heavy atom. The summed E-state index contributed by atoms with van der Waals surface area (Å²) in [6.07, 6.45) is 4.45. The molecule has 38 heavy (non-hydrogen) atoms. The van der Waals surface area contributed by atoms with Gasteiger partial charge in [-0.25, -0.2) is 0 Å². The van der Waals surface area contributed by atoms with Crippen LogP contribution in [0.4, 0.5) is 0 Å². The van der Waals surface area contributed by atoms with E-state index in [1.807, 2.05) is 35.2 Å². The summed E-state index contributed by atoms with van der Waals surface area (Å²) in [5.74, 6) is -0.362. The molecule has 0 bridgehead atoms. The van der Waals surface area contributed by atoms with Crippen LogP contribution < -0.4 is 5.32 Å². The molecule has 2 aromatic rings. The van der Waals surface area contributed by atoms with Crippen molar-refractivity contribution in [3.8, 4) is 0 Å². The lowest BCUT2D eigenvalue weighted by Crippen LogP contribution is -2.52. The lowest BCUT2D eigenvalue weighted by molar-refractivity contribution is -0.138. The van der Waals surface area contributed by atoms with Gasteiger partial charge in [-0.2, -0.15) is 0 Å². The van der Waals surface area contributed by atoms with E-state index in [9.17, 15) is 19.2 Å². The highest BCUT2D eigenvalue weighted by molar-refractivity contribution is 6.05. The maximum Gasteiger partial charge on any atom is 0.255 e. The van der Waals surface area contributed by atoms with Crippen LogP contribution >= 0.6 is 0 Å². The third kappa shape index (κ3) is 4.73. The van der Waals surface area contributed by atoms with Crippen LogP contribution in [0, 0.1) is 0 Å². The molecule has 0 radical (unpaired) electrons. The fourth-order valence-electron chi connectivity index (χ4n) is 6.58. The number of imide groups is 1. The lowest BCUT2D eigenvalue weighted by atomic mass is 9.83. The van der Waals surface area contributed by atoms with Crippen LogP contribution in [0.3, 0.4) is 0 Å². The van der Waals surface area contributed by atoms with Gasteiger partial charge in [-0.1, -0.05) is 42.5 Å². The predicted molar refractivity (Wildman–Crippen MR) is 141 cm³/mol. The van der Waals surface area contributed by atoms with Crippen LogP contribution in [0.25, 0.3) is 0 Å². The van der Waals surface area contributed by atoms with Crippen molar-refractivity contribution in [2.45, 2.75) is 69.6 Å². The molecule has 0 saturated carbocycles. The van der Waals surface area contributed by atoms with Crippen LogP contribution in [-0.4, -0.2) is 70.0 Å². The highest BCUT2D eigenvalue weighted by Gasteiger charge is 2.40. The number of nitrogens with one attached hydrogen (secondary N) is 1. The Hall–Kier alpha value is -3.52. The number of amides is 4. The quantitative estimate of drug-likeness (QED) is 0.620. The van der Waals surface area contributed by atoms with Gasteiger partial charge in [0.1, 0.15) is 6.04 Å². The summed E-state index contributed by atoms with van der Waals surface area (Å²) in [6.45, 7) is 3.66. The van der Waals surface area contributed by atoms with Crippen molar-refractivity contribution in [3.63, 3.8) is 0 Å². The van der Waals surface area contributed by atoms with E-state index in [0.717, 1.165) is 63.0 Å². The van der Waals surface area contributed by atoms with Crippen LogP contribution in [0.5, 0.6) is 0 Å². The molecule has 4 aliphatic heterocycles. The number of carbonyl (C=O) groups is 4. The first-order chi connectivity index (χ1) is 18.5. The SMILES string of the molecule is O=C1CCC(N2Cc3cc([C@@H]4CCN(Cc5ccccc5)[C@H](C(=O)N5CCCC5)C4)ccc3C2=O)C(=O)N1. The van der Waals surface area contributed by atoms with Crippen molar-refractivity contribution in [1.29, 1.82) is 0 Å². The van der Waals surface area contributed by atoms with Gasteiger partial charge in [0.25, 0.3) is 5.91 Å². The highest BCUT2D eigenvalue weighted by Crippen LogP contribution is 2.36. The van der Waals surface area contributed by atoms with Crippen molar-refractivity contribution < 1.29 is 19.2 Å². The molecule has 3 saturated heterocycles. The molecule has 198 valence electrons. The zero-order valence-electron chi connectivity index (χ0n) is 21.6. The number of hydrogen-bond donors (Lipinski definition) is 1. The Morgan fingerprint density at radius 3 is 2.50 bits per heavy atom. The summed E-state index contributed by atoms with van der Waals surface area (Å²) in [7, 11) is 0. The van der Waals surface area contributed by atoms with Gasteiger partial charge in [0, 0.05) is 38.2 Å². The standard InChI is InChI=1S/C30H34N4O4/c35-27-11-10-25(28(36)31-27)34-19-23-16-21(8-9-24(23)29(34)37)22-12-15-33(18-20-6-2-1-3-7-20)26(17-22)30(38)32-13-4-5-14-32/h1-3,6-9,16,22,25-26H,4-5,10-15,17-19H2,(H,31,35,36)/t22-,25?,26+/m1/s1. The van der Waals surface area contributed by atoms with Crippen LogP contribution in [0.1, 0.15) is 71.5 Å². The second-order valence-electron chi connectivity index (χ2n) is 11.0. The van der Waals surface area contributed by atoms with Crippen molar-refractivity contribution in [2.75, 3.05) is 19.6 Å². The Bertz CT molecular complexity index is 1260. The second kappa shape index (κ2) is 10.3. The van der Waals surface area contributed by atoms with Crippen molar-refractivity contribution in [3.05, 3.63) is 70.8 Å². The lowest BCUT2D eigenvalue weighted by Gasteiger charge is -2.40.